The molecule has 6 nitrogen and oxygen atoms in total. The zero-order chi connectivity index (χ0) is 13.9. The number of carboxylic acids is 1. The van der Waals surface area contributed by atoms with Crippen molar-refractivity contribution in [3.8, 4) is 0 Å². The first-order valence-corrected chi connectivity index (χ1v) is 6.78. The molecule has 6 heteroatoms. The van der Waals surface area contributed by atoms with Gasteiger partial charge in [0.05, 0.1) is 13.2 Å². The van der Waals surface area contributed by atoms with Gasteiger partial charge in [-0.3, -0.25) is 9.59 Å². The molecule has 0 aromatic rings. The second-order valence-corrected chi connectivity index (χ2v) is 5.40. The van der Waals surface area contributed by atoms with Crippen molar-refractivity contribution in [2.45, 2.75) is 38.4 Å². The van der Waals surface area contributed by atoms with Crippen LogP contribution in [0.4, 0.5) is 0 Å². The molecule has 0 bridgehead atoms. The predicted molar refractivity (Wildman–Crippen MR) is 66.5 cm³/mol. The van der Waals surface area contributed by atoms with E-state index in [-0.39, 0.29) is 18.2 Å². The molecule has 1 unspecified atom stereocenters. The lowest BCUT2D eigenvalue weighted by atomic mass is 10.00. The van der Waals surface area contributed by atoms with Crippen LogP contribution in [0.2, 0.25) is 0 Å². The third-order valence-corrected chi connectivity index (χ3v) is 3.74. The van der Waals surface area contributed by atoms with Crippen molar-refractivity contribution in [1.82, 2.24) is 4.90 Å². The Kier molecular flexibility index (Phi) is 4.42. The van der Waals surface area contributed by atoms with Crippen LogP contribution in [-0.4, -0.2) is 54.0 Å². The number of hydrogen-bond acceptors (Lipinski definition) is 4. The molecule has 0 saturated carbocycles. The lowest BCUT2D eigenvalue weighted by molar-refractivity contribution is -0.187. The van der Waals surface area contributed by atoms with E-state index in [1.165, 1.54) is 0 Å². The maximum Gasteiger partial charge on any atom is 0.303 e. The highest BCUT2D eigenvalue weighted by molar-refractivity contribution is 5.77. The number of hydrogen-bond donors (Lipinski definition) is 1. The Morgan fingerprint density at radius 3 is 2.32 bits per heavy atom. The Hall–Kier alpha value is -1.14. The molecule has 0 aromatic heterocycles. The average Bonchev–Trinajstić information content (AvgIpc) is 2.77. The van der Waals surface area contributed by atoms with Crippen molar-refractivity contribution in [2.75, 3.05) is 26.3 Å². The van der Waals surface area contributed by atoms with Gasteiger partial charge in [-0.2, -0.15) is 0 Å². The van der Waals surface area contributed by atoms with E-state index < -0.39 is 11.8 Å². The summed E-state index contributed by atoms with van der Waals surface area (Å²) in [5, 5.41) is 8.69. The predicted octanol–water partition coefficient (Wildman–Crippen LogP) is 0.853. The monoisotopic (exact) mass is 271 g/mol. The van der Waals surface area contributed by atoms with Crippen LogP contribution in [0.3, 0.4) is 0 Å². The second-order valence-electron chi connectivity index (χ2n) is 5.40. The highest BCUT2D eigenvalue weighted by atomic mass is 16.7. The lowest BCUT2D eigenvalue weighted by Crippen LogP contribution is -2.47. The van der Waals surface area contributed by atoms with Gasteiger partial charge in [-0.1, -0.05) is 6.92 Å². The molecule has 2 aliphatic heterocycles. The zero-order valence-corrected chi connectivity index (χ0v) is 11.3. The molecule has 1 atom stereocenters. The first-order valence-electron chi connectivity index (χ1n) is 6.78. The Labute approximate surface area is 112 Å². The third-order valence-electron chi connectivity index (χ3n) is 3.74. The summed E-state index contributed by atoms with van der Waals surface area (Å²) in [6.07, 6.45) is 1.73. The molecule has 19 heavy (non-hydrogen) atoms. The van der Waals surface area contributed by atoms with Gasteiger partial charge in [0.1, 0.15) is 0 Å². The van der Waals surface area contributed by atoms with Gasteiger partial charge >= 0.3 is 5.97 Å². The standard InChI is InChI=1S/C13H21NO5/c1-10(9-12(16)17)8-11(15)14-4-2-13(3-5-14)18-6-7-19-13/h10H,2-9H2,1H3,(H,16,17). The van der Waals surface area contributed by atoms with Crippen molar-refractivity contribution in [3.05, 3.63) is 0 Å². The first kappa shape index (κ1) is 14.3. The summed E-state index contributed by atoms with van der Waals surface area (Å²) in [6, 6.07) is 0. The van der Waals surface area contributed by atoms with Gasteiger partial charge in [-0.25, -0.2) is 0 Å². The molecule has 1 spiro atoms. The average molecular weight is 271 g/mol. The fourth-order valence-corrected chi connectivity index (χ4v) is 2.68. The molecule has 108 valence electrons. The molecule has 1 amide bonds. The number of ether oxygens (including phenoxy) is 2. The molecule has 2 rings (SSSR count). The van der Waals surface area contributed by atoms with Crippen LogP contribution in [0.25, 0.3) is 0 Å². The number of piperidine rings is 1. The molecule has 2 aliphatic rings. The van der Waals surface area contributed by atoms with Crippen LogP contribution in [0, 0.1) is 5.92 Å². The minimum atomic E-state index is -0.856. The molecule has 2 heterocycles. The maximum absolute atomic E-state index is 12.0. The maximum atomic E-state index is 12.0. The van der Waals surface area contributed by atoms with E-state index in [1.807, 2.05) is 0 Å². The van der Waals surface area contributed by atoms with Gasteiger partial charge in [0.2, 0.25) is 5.91 Å². The normalized spacial score (nSPS) is 23.5. The number of rotatable bonds is 4. The summed E-state index contributed by atoms with van der Waals surface area (Å²) in [7, 11) is 0. The number of carbonyl (C=O) groups is 2. The van der Waals surface area contributed by atoms with E-state index in [4.69, 9.17) is 14.6 Å². The quantitative estimate of drug-likeness (QED) is 0.820. The van der Waals surface area contributed by atoms with E-state index in [0.717, 1.165) is 0 Å². The molecule has 0 radical (unpaired) electrons. The Morgan fingerprint density at radius 1 is 1.21 bits per heavy atom. The van der Waals surface area contributed by atoms with Crippen LogP contribution < -0.4 is 0 Å². The van der Waals surface area contributed by atoms with E-state index in [1.54, 1.807) is 11.8 Å². The van der Waals surface area contributed by atoms with Crippen LogP contribution in [0.5, 0.6) is 0 Å². The highest BCUT2D eigenvalue weighted by Gasteiger charge is 2.40. The van der Waals surface area contributed by atoms with E-state index in [0.29, 0.717) is 45.6 Å². The van der Waals surface area contributed by atoms with Gasteiger partial charge in [0.25, 0.3) is 0 Å². The number of carboxylic acid groups (broad SMARTS) is 1. The molecule has 0 aromatic carbocycles. The van der Waals surface area contributed by atoms with Gasteiger partial charge in [0, 0.05) is 38.8 Å². The fraction of sp³-hybridized carbons (Fsp3) is 0.846. The third kappa shape index (κ3) is 3.67. The van der Waals surface area contributed by atoms with E-state index in [2.05, 4.69) is 0 Å². The van der Waals surface area contributed by atoms with Crippen LogP contribution in [0.15, 0.2) is 0 Å². The summed E-state index contributed by atoms with van der Waals surface area (Å²) in [6.45, 7) is 4.30. The van der Waals surface area contributed by atoms with E-state index in [9.17, 15) is 9.59 Å². The van der Waals surface area contributed by atoms with Gasteiger partial charge in [-0.05, 0) is 5.92 Å². The SMILES string of the molecule is CC(CC(=O)O)CC(=O)N1CCC2(CC1)OCCO2. The molecule has 2 fully saturated rings. The minimum absolute atomic E-state index is 0.0293. The topological polar surface area (TPSA) is 76.1 Å². The summed E-state index contributed by atoms with van der Waals surface area (Å²) in [5.41, 5.74) is 0. The minimum Gasteiger partial charge on any atom is -0.481 e. The number of aliphatic carboxylic acids is 1. The van der Waals surface area contributed by atoms with E-state index >= 15 is 0 Å². The van der Waals surface area contributed by atoms with Gasteiger partial charge in [0.15, 0.2) is 5.79 Å². The summed E-state index contributed by atoms with van der Waals surface area (Å²) in [5.74, 6) is -1.42. The Bertz CT molecular complexity index is 341. The number of likely N-dealkylation sites (tertiary alicyclic amines) is 1. The molecule has 0 aliphatic carbocycles. The summed E-state index contributed by atoms with van der Waals surface area (Å²) in [4.78, 5) is 24.4. The first-order chi connectivity index (χ1) is 9.01. The van der Waals surface area contributed by atoms with Crippen LogP contribution in [0.1, 0.15) is 32.6 Å². The number of carbonyl (C=O) groups excluding carboxylic acids is 1. The highest BCUT2D eigenvalue weighted by Crippen LogP contribution is 2.31. The molecular formula is C13H21NO5. The molecular weight excluding hydrogens is 250 g/mol. The molecule has 1 N–H and O–H groups in total. The van der Waals surface area contributed by atoms with Crippen LogP contribution >= 0.6 is 0 Å². The summed E-state index contributed by atoms with van der Waals surface area (Å²) >= 11 is 0. The van der Waals surface area contributed by atoms with Crippen LogP contribution in [-0.2, 0) is 19.1 Å². The van der Waals surface area contributed by atoms with Crippen molar-refractivity contribution in [3.63, 3.8) is 0 Å². The van der Waals surface area contributed by atoms with Gasteiger partial charge < -0.3 is 19.5 Å². The fourth-order valence-electron chi connectivity index (χ4n) is 2.68. The van der Waals surface area contributed by atoms with Gasteiger partial charge in [-0.15, -0.1) is 0 Å². The van der Waals surface area contributed by atoms with Crippen molar-refractivity contribution >= 4 is 11.9 Å². The summed E-state index contributed by atoms with van der Waals surface area (Å²) < 4.78 is 11.2. The number of amides is 1. The zero-order valence-electron chi connectivity index (χ0n) is 11.3. The largest absolute Gasteiger partial charge is 0.481 e. The number of nitrogens with zero attached hydrogens (tertiary/aromatic N) is 1. The Morgan fingerprint density at radius 2 is 1.79 bits per heavy atom. The van der Waals surface area contributed by atoms with Crippen molar-refractivity contribution < 1.29 is 24.2 Å². The smallest absolute Gasteiger partial charge is 0.303 e. The van der Waals surface area contributed by atoms with Crippen molar-refractivity contribution in [1.29, 1.82) is 0 Å². The molecule has 2 saturated heterocycles. The van der Waals surface area contributed by atoms with Crippen molar-refractivity contribution in [2.24, 2.45) is 5.92 Å². The lowest BCUT2D eigenvalue weighted by Gasteiger charge is -2.37. The Balaban J connectivity index is 1.77. The second kappa shape index (κ2) is 5.88.